The third-order valence-corrected chi connectivity index (χ3v) is 3.21. The van der Waals surface area contributed by atoms with Crippen molar-refractivity contribution in [2.75, 3.05) is 7.11 Å². The van der Waals surface area contributed by atoms with Crippen molar-refractivity contribution < 1.29 is 9.47 Å². The molecule has 0 fully saturated rings. The molecule has 1 aromatic heterocycles. The van der Waals surface area contributed by atoms with Crippen LogP contribution in [-0.4, -0.2) is 16.9 Å². The largest absolute Gasteiger partial charge is 0.494 e. The molecule has 0 radical (unpaired) electrons. The van der Waals surface area contributed by atoms with Crippen molar-refractivity contribution in [2.45, 2.75) is 6.92 Å². The number of hydrogen-bond donors (Lipinski definition) is 0. The summed E-state index contributed by atoms with van der Waals surface area (Å²) in [6.07, 6.45) is 3.53. The second-order valence-electron chi connectivity index (χ2n) is 4.66. The molecule has 2 aromatic carbocycles. The smallest absolute Gasteiger partial charge is 0.165 e. The molecule has 0 N–H and O–H groups in total. The number of aromatic nitrogens is 2. The van der Waals surface area contributed by atoms with Gasteiger partial charge in [0.2, 0.25) is 0 Å². The van der Waals surface area contributed by atoms with Gasteiger partial charge in [-0.25, -0.2) is 4.68 Å². The van der Waals surface area contributed by atoms with E-state index >= 15 is 0 Å². The van der Waals surface area contributed by atoms with E-state index in [0.717, 1.165) is 22.7 Å². The van der Waals surface area contributed by atoms with E-state index in [4.69, 9.17) is 9.47 Å². The fourth-order valence-electron chi connectivity index (χ4n) is 2.11. The van der Waals surface area contributed by atoms with Crippen LogP contribution in [0.25, 0.3) is 5.69 Å². The van der Waals surface area contributed by atoms with Crippen LogP contribution < -0.4 is 9.47 Å². The van der Waals surface area contributed by atoms with Gasteiger partial charge in [-0.05, 0) is 30.7 Å². The van der Waals surface area contributed by atoms with E-state index in [1.807, 2.05) is 61.7 Å². The van der Waals surface area contributed by atoms with Gasteiger partial charge in [0.15, 0.2) is 5.75 Å². The van der Waals surface area contributed by atoms with Gasteiger partial charge in [0.25, 0.3) is 0 Å². The van der Waals surface area contributed by atoms with Gasteiger partial charge in [0, 0.05) is 0 Å². The number of aryl methyl sites for hydroxylation is 1. The van der Waals surface area contributed by atoms with Crippen LogP contribution in [0.5, 0.6) is 17.2 Å². The molecular formula is C17H16N2O2. The lowest BCUT2D eigenvalue weighted by molar-refractivity contribution is 0.411. The first kappa shape index (κ1) is 13.2. The van der Waals surface area contributed by atoms with Crippen LogP contribution in [0.4, 0.5) is 0 Å². The van der Waals surface area contributed by atoms with E-state index in [1.54, 1.807) is 18.0 Å². The zero-order chi connectivity index (χ0) is 14.7. The minimum absolute atomic E-state index is 0.690. The van der Waals surface area contributed by atoms with Crippen LogP contribution in [0.15, 0.2) is 60.9 Å². The predicted octanol–water partition coefficient (Wildman–Crippen LogP) is 3.98. The van der Waals surface area contributed by atoms with Crippen LogP contribution in [0.2, 0.25) is 0 Å². The van der Waals surface area contributed by atoms with Crippen LogP contribution in [0.1, 0.15) is 5.56 Å². The third kappa shape index (κ3) is 2.74. The summed E-state index contributed by atoms with van der Waals surface area (Å²) in [6.45, 7) is 2.01. The molecule has 0 unspecified atom stereocenters. The first-order chi connectivity index (χ1) is 10.3. The van der Waals surface area contributed by atoms with Gasteiger partial charge in [-0.3, -0.25) is 0 Å². The average molecular weight is 280 g/mol. The van der Waals surface area contributed by atoms with E-state index in [-0.39, 0.29) is 0 Å². The van der Waals surface area contributed by atoms with E-state index in [1.165, 1.54) is 0 Å². The van der Waals surface area contributed by atoms with Gasteiger partial charge in [-0.15, -0.1) is 0 Å². The lowest BCUT2D eigenvalue weighted by Crippen LogP contribution is -1.97. The van der Waals surface area contributed by atoms with Crippen molar-refractivity contribution in [2.24, 2.45) is 0 Å². The standard InChI is InChI=1S/C17H16N2O2/c1-13-7-3-5-9-16(13)21-14-11-18-19(12-14)15-8-4-6-10-17(15)20-2/h3-12H,1-2H3. The number of ether oxygens (including phenoxy) is 2. The van der Waals surface area contributed by atoms with Crippen molar-refractivity contribution in [1.29, 1.82) is 0 Å². The summed E-state index contributed by atoms with van der Waals surface area (Å²) >= 11 is 0. The Morgan fingerprint density at radius 2 is 1.67 bits per heavy atom. The molecule has 0 aliphatic carbocycles. The van der Waals surface area contributed by atoms with E-state index in [0.29, 0.717) is 5.75 Å². The number of para-hydroxylation sites is 3. The van der Waals surface area contributed by atoms with Gasteiger partial charge in [-0.2, -0.15) is 5.10 Å². The molecule has 0 atom stereocenters. The van der Waals surface area contributed by atoms with Gasteiger partial charge >= 0.3 is 0 Å². The Balaban J connectivity index is 1.89. The van der Waals surface area contributed by atoms with Crippen LogP contribution in [-0.2, 0) is 0 Å². The fraction of sp³-hybridized carbons (Fsp3) is 0.118. The van der Waals surface area contributed by atoms with Crippen molar-refractivity contribution >= 4 is 0 Å². The molecule has 3 aromatic rings. The zero-order valence-electron chi connectivity index (χ0n) is 12.0. The molecule has 4 nitrogen and oxygen atoms in total. The Kier molecular flexibility index (Phi) is 3.60. The Hall–Kier alpha value is -2.75. The molecule has 0 amide bonds. The molecule has 0 aliphatic heterocycles. The Labute approximate surface area is 123 Å². The van der Waals surface area contributed by atoms with Gasteiger partial charge in [0.1, 0.15) is 17.2 Å². The van der Waals surface area contributed by atoms with E-state index in [9.17, 15) is 0 Å². The molecule has 21 heavy (non-hydrogen) atoms. The van der Waals surface area contributed by atoms with E-state index < -0.39 is 0 Å². The Morgan fingerprint density at radius 3 is 2.43 bits per heavy atom. The second kappa shape index (κ2) is 5.71. The fourth-order valence-corrected chi connectivity index (χ4v) is 2.11. The van der Waals surface area contributed by atoms with E-state index in [2.05, 4.69) is 5.10 Å². The quantitative estimate of drug-likeness (QED) is 0.725. The van der Waals surface area contributed by atoms with Crippen molar-refractivity contribution in [3.63, 3.8) is 0 Å². The number of rotatable bonds is 4. The Morgan fingerprint density at radius 1 is 0.952 bits per heavy atom. The van der Waals surface area contributed by atoms with Gasteiger partial charge in [-0.1, -0.05) is 30.3 Å². The molecule has 3 rings (SSSR count). The molecule has 1 heterocycles. The summed E-state index contributed by atoms with van der Waals surface area (Å²) in [5.74, 6) is 2.29. The highest BCUT2D eigenvalue weighted by Gasteiger charge is 2.08. The van der Waals surface area contributed by atoms with Crippen molar-refractivity contribution in [1.82, 2.24) is 9.78 Å². The summed E-state index contributed by atoms with van der Waals surface area (Å²) in [7, 11) is 1.65. The summed E-state index contributed by atoms with van der Waals surface area (Å²) in [5.41, 5.74) is 1.96. The minimum Gasteiger partial charge on any atom is -0.494 e. The summed E-state index contributed by atoms with van der Waals surface area (Å²) in [6, 6.07) is 15.6. The maximum absolute atomic E-state index is 5.86. The predicted molar refractivity (Wildman–Crippen MR) is 81.4 cm³/mol. The summed E-state index contributed by atoms with van der Waals surface area (Å²) in [4.78, 5) is 0. The topological polar surface area (TPSA) is 36.3 Å². The molecule has 0 saturated heterocycles. The lowest BCUT2D eigenvalue weighted by atomic mass is 10.2. The molecule has 106 valence electrons. The SMILES string of the molecule is COc1ccccc1-n1cc(Oc2ccccc2C)cn1. The molecule has 0 aliphatic rings. The average Bonchev–Trinajstić information content (AvgIpc) is 2.98. The number of hydrogen-bond acceptors (Lipinski definition) is 3. The first-order valence-electron chi connectivity index (χ1n) is 6.69. The second-order valence-corrected chi connectivity index (χ2v) is 4.66. The zero-order valence-corrected chi connectivity index (χ0v) is 12.0. The lowest BCUT2D eigenvalue weighted by Gasteiger charge is -2.07. The molecular weight excluding hydrogens is 264 g/mol. The number of nitrogens with zero attached hydrogens (tertiary/aromatic N) is 2. The van der Waals surface area contributed by atoms with Gasteiger partial charge < -0.3 is 9.47 Å². The van der Waals surface area contributed by atoms with Crippen LogP contribution >= 0.6 is 0 Å². The number of methoxy groups -OCH3 is 1. The summed E-state index contributed by atoms with van der Waals surface area (Å²) < 4.78 is 12.9. The molecule has 0 saturated carbocycles. The van der Waals surface area contributed by atoms with Crippen molar-refractivity contribution in [3.05, 3.63) is 66.5 Å². The third-order valence-electron chi connectivity index (χ3n) is 3.21. The summed E-state index contributed by atoms with van der Waals surface area (Å²) in [5, 5.41) is 4.33. The molecule has 4 heteroatoms. The Bertz CT molecular complexity index is 750. The van der Waals surface area contributed by atoms with Crippen LogP contribution in [0, 0.1) is 6.92 Å². The molecule has 0 spiro atoms. The van der Waals surface area contributed by atoms with Gasteiger partial charge in [0.05, 0.1) is 19.5 Å². The monoisotopic (exact) mass is 280 g/mol. The highest BCUT2D eigenvalue weighted by atomic mass is 16.5. The maximum Gasteiger partial charge on any atom is 0.165 e. The first-order valence-corrected chi connectivity index (χ1v) is 6.69. The molecule has 0 bridgehead atoms. The highest BCUT2D eigenvalue weighted by Crippen LogP contribution is 2.27. The maximum atomic E-state index is 5.86. The number of benzene rings is 2. The van der Waals surface area contributed by atoms with Crippen LogP contribution in [0.3, 0.4) is 0 Å². The highest BCUT2D eigenvalue weighted by molar-refractivity contribution is 5.46. The normalized spacial score (nSPS) is 10.4. The minimum atomic E-state index is 0.690. The van der Waals surface area contributed by atoms with Crippen molar-refractivity contribution in [3.8, 4) is 22.9 Å².